The number of aromatic nitrogens is 1. The average molecular weight is 630 g/mol. The van der Waals surface area contributed by atoms with Gasteiger partial charge in [-0.3, -0.25) is 0 Å². The third-order valence-electron chi connectivity index (χ3n) is 10.9. The molecule has 236 valence electrons. The summed E-state index contributed by atoms with van der Waals surface area (Å²) < 4.78 is 2.38. The first-order valence-corrected chi connectivity index (χ1v) is 17.5. The van der Waals surface area contributed by atoms with E-state index in [2.05, 4.69) is 188 Å². The zero-order valence-corrected chi connectivity index (χ0v) is 28.1. The average Bonchev–Trinajstić information content (AvgIpc) is 3.61. The number of hydrogen-bond donors (Lipinski definition) is 0. The van der Waals surface area contributed by atoms with Crippen LogP contribution in [0.5, 0.6) is 0 Å². The van der Waals surface area contributed by atoms with Crippen molar-refractivity contribution in [2.24, 2.45) is 0 Å². The van der Waals surface area contributed by atoms with Crippen LogP contribution in [-0.4, -0.2) is 4.57 Å². The van der Waals surface area contributed by atoms with E-state index < -0.39 is 0 Å². The second kappa shape index (κ2) is 11.8. The predicted octanol–water partition coefficient (Wildman–Crippen LogP) is 12.5. The minimum atomic E-state index is 0.0239. The Labute approximate surface area is 289 Å². The number of benzene rings is 7. The second-order valence-electron chi connectivity index (χ2n) is 14.1. The van der Waals surface area contributed by atoms with Crippen molar-refractivity contribution in [2.75, 3.05) is 0 Å². The molecule has 0 radical (unpaired) electrons. The Morgan fingerprint density at radius 1 is 0.490 bits per heavy atom. The summed E-state index contributed by atoms with van der Waals surface area (Å²) in [6, 6.07) is 62.8. The summed E-state index contributed by atoms with van der Waals surface area (Å²) in [6.07, 6.45) is 2.09. The topological polar surface area (TPSA) is 4.93 Å². The van der Waals surface area contributed by atoms with E-state index in [9.17, 15) is 0 Å². The van der Waals surface area contributed by atoms with Crippen LogP contribution in [0.3, 0.4) is 0 Å². The summed E-state index contributed by atoms with van der Waals surface area (Å²) in [6.45, 7) is 4.74. The Morgan fingerprint density at radius 3 is 1.94 bits per heavy atom. The van der Waals surface area contributed by atoms with Gasteiger partial charge in [0.15, 0.2) is 0 Å². The highest BCUT2D eigenvalue weighted by Gasteiger charge is 2.35. The van der Waals surface area contributed by atoms with Crippen LogP contribution in [0.2, 0.25) is 0 Å². The van der Waals surface area contributed by atoms with Crippen molar-refractivity contribution in [1.29, 1.82) is 0 Å². The van der Waals surface area contributed by atoms with Gasteiger partial charge < -0.3 is 4.57 Å². The molecule has 1 heteroatoms. The largest absolute Gasteiger partial charge is 0.309 e. The van der Waals surface area contributed by atoms with Crippen LogP contribution in [0.4, 0.5) is 0 Å². The van der Waals surface area contributed by atoms with E-state index in [1.54, 1.807) is 0 Å². The van der Waals surface area contributed by atoms with Crippen LogP contribution in [0.15, 0.2) is 170 Å². The third kappa shape index (κ3) is 5.00. The molecule has 1 nitrogen and oxygen atoms in total. The summed E-state index contributed by atoms with van der Waals surface area (Å²) >= 11 is 0. The van der Waals surface area contributed by atoms with Crippen molar-refractivity contribution in [3.8, 4) is 27.9 Å². The first kappa shape index (κ1) is 29.5. The molecule has 1 heterocycles. The monoisotopic (exact) mass is 629 g/mol. The van der Waals surface area contributed by atoms with Crippen LogP contribution in [-0.2, 0) is 11.8 Å². The summed E-state index contributed by atoms with van der Waals surface area (Å²) in [4.78, 5) is 0. The van der Waals surface area contributed by atoms with E-state index in [4.69, 9.17) is 0 Å². The lowest BCUT2D eigenvalue weighted by Gasteiger charge is -2.22. The lowest BCUT2D eigenvalue weighted by atomic mass is 9.81. The summed E-state index contributed by atoms with van der Waals surface area (Å²) in [5.41, 5.74) is 16.0. The van der Waals surface area contributed by atoms with Crippen molar-refractivity contribution in [2.45, 2.75) is 38.0 Å². The van der Waals surface area contributed by atoms with Crippen LogP contribution in [0.1, 0.15) is 54.0 Å². The fourth-order valence-corrected chi connectivity index (χ4v) is 8.34. The Bertz CT molecular complexity index is 2450. The predicted molar refractivity (Wildman–Crippen MR) is 207 cm³/mol. The zero-order valence-electron chi connectivity index (χ0n) is 28.1. The van der Waals surface area contributed by atoms with Gasteiger partial charge in [0.25, 0.3) is 0 Å². The molecule has 8 aromatic rings. The third-order valence-corrected chi connectivity index (χ3v) is 10.9. The number of rotatable bonds is 7. The summed E-state index contributed by atoms with van der Waals surface area (Å²) in [5.74, 6) is 0.319. The minimum Gasteiger partial charge on any atom is -0.309 e. The Kier molecular flexibility index (Phi) is 7.09. The molecule has 7 aromatic carbocycles. The van der Waals surface area contributed by atoms with Gasteiger partial charge in [0, 0.05) is 27.8 Å². The van der Waals surface area contributed by atoms with E-state index in [1.165, 1.54) is 77.6 Å². The quantitative estimate of drug-likeness (QED) is 0.165. The van der Waals surface area contributed by atoms with Crippen molar-refractivity contribution >= 4 is 21.8 Å². The molecule has 1 aromatic heterocycles. The Morgan fingerprint density at radius 2 is 1.12 bits per heavy atom. The molecule has 0 saturated carbocycles. The van der Waals surface area contributed by atoms with Gasteiger partial charge in [-0.25, -0.2) is 0 Å². The van der Waals surface area contributed by atoms with Gasteiger partial charge in [-0.15, -0.1) is 0 Å². The van der Waals surface area contributed by atoms with Crippen LogP contribution >= 0.6 is 0 Å². The van der Waals surface area contributed by atoms with E-state index >= 15 is 0 Å². The Hall–Kier alpha value is -5.66. The molecule has 0 saturated heterocycles. The van der Waals surface area contributed by atoms with Gasteiger partial charge in [0.2, 0.25) is 0 Å². The van der Waals surface area contributed by atoms with Gasteiger partial charge in [-0.2, -0.15) is 0 Å². The summed E-state index contributed by atoms with van der Waals surface area (Å²) in [5, 5.41) is 2.56. The highest BCUT2D eigenvalue weighted by Crippen LogP contribution is 2.49. The maximum Gasteiger partial charge on any atom is 0.0541 e. The molecule has 1 unspecified atom stereocenters. The minimum absolute atomic E-state index is 0.0239. The van der Waals surface area contributed by atoms with E-state index in [0.717, 1.165) is 12.8 Å². The van der Waals surface area contributed by atoms with Gasteiger partial charge in [-0.1, -0.05) is 153 Å². The van der Waals surface area contributed by atoms with Crippen molar-refractivity contribution in [3.63, 3.8) is 0 Å². The van der Waals surface area contributed by atoms with E-state index in [1.807, 2.05) is 0 Å². The molecule has 0 aliphatic heterocycles. The molecular formula is C48H39N. The second-order valence-corrected chi connectivity index (χ2v) is 14.1. The standard InChI is InChI=1S/C48H39N/c1-48(2)44-19-11-9-17-40(44)41-29-22-33(31-45(41)48)21-28-39(35-13-5-3-6-14-35)36-25-23-34(24-26-36)37-27-30-47-43(32-37)42-18-10-12-20-46(42)49(47)38-15-7-4-8-16-38/h3-20,22-27,29-32,39H,21,28H2,1-2H3. The molecule has 1 aliphatic rings. The lowest BCUT2D eigenvalue weighted by Crippen LogP contribution is -2.15. The number of nitrogens with zero attached hydrogens (tertiary/aromatic N) is 1. The molecule has 1 atom stereocenters. The maximum atomic E-state index is 2.48. The van der Waals surface area contributed by atoms with Gasteiger partial charge in [0.05, 0.1) is 11.0 Å². The molecule has 0 spiro atoms. The van der Waals surface area contributed by atoms with Crippen LogP contribution in [0, 0.1) is 0 Å². The fourth-order valence-electron chi connectivity index (χ4n) is 8.34. The molecule has 1 aliphatic carbocycles. The first-order chi connectivity index (χ1) is 24.1. The normalized spacial score (nSPS) is 13.8. The first-order valence-electron chi connectivity index (χ1n) is 17.5. The molecule has 0 amide bonds. The van der Waals surface area contributed by atoms with Crippen LogP contribution in [0.25, 0.3) is 49.7 Å². The molecular weight excluding hydrogens is 591 g/mol. The highest BCUT2D eigenvalue weighted by molar-refractivity contribution is 6.10. The van der Waals surface area contributed by atoms with Gasteiger partial charge in [-0.05, 0) is 93.2 Å². The molecule has 0 bridgehead atoms. The van der Waals surface area contributed by atoms with E-state index in [-0.39, 0.29) is 5.41 Å². The van der Waals surface area contributed by atoms with Gasteiger partial charge in [0.1, 0.15) is 0 Å². The summed E-state index contributed by atoms with van der Waals surface area (Å²) in [7, 11) is 0. The molecule has 0 N–H and O–H groups in total. The molecule has 9 rings (SSSR count). The lowest BCUT2D eigenvalue weighted by molar-refractivity contribution is 0.657. The number of fused-ring (bicyclic) bond motifs is 6. The van der Waals surface area contributed by atoms with Crippen molar-refractivity contribution < 1.29 is 0 Å². The number of aryl methyl sites for hydroxylation is 1. The van der Waals surface area contributed by atoms with E-state index in [0.29, 0.717) is 5.92 Å². The maximum absolute atomic E-state index is 2.48. The van der Waals surface area contributed by atoms with Gasteiger partial charge >= 0.3 is 0 Å². The Balaban J connectivity index is 1.03. The molecule has 49 heavy (non-hydrogen) atoms. The highest BCUT2D eigenvalue weighted by atomic mass is 15.0. The molecule has 0 fully saturated rings. The smallest absolute Gasteiger partial charge is 0.0541 e. The van der Waals surface area contributed by atoms with Crippen molar-refractivity contribution in [1.82, 2.24) is 4.57 Å². The SMILES string of the molecule is CC1(C)c2ccccc2-c2ccc(CCC(c3ccccc3)c3ccc(-c4ccc5c(c4)c4ccccc4n5-c4ccccc4)cc3)cc21. The fraction of sp³-hybridized carbons (Fsp3) is 0.125. The van der Waals surface area contributed by atoms with Crippen LogP contribution < -0.4 is 0 Å². The van der Waals surface area contributed by atoms with Crippen molar-refractivity contribution in [3.05, 3.63) is 198 Å². The number of hydrogen-bond acceptors (Lipinski definition) is 0. The zero-order chi connectivity index (χ0) is 33.0. The number of para-hydroxylation sites is 2.